The molecule has 0 aromatic heterocycles. The number of halogens is 4. The normalized spacial score (nSPS) is 14.9. The van der Waals surface area contributed by atoms with Crippen LogP contribution in [0.25, 0.3) is 11.1 Å². The van der Waals surface area contributed by atoms with Crippen LogP contribution in [0.15, 0.2) is 60.7 Å². The monoisotopic (exact) mass is 490 g/mol. The van der Waals surface area contributed by atoms with E-state index in [1.807, 2.05) is 4.90 Å². The van der Waals surface area contributed by atoms with E-state index in [9.17, 15) is 32.8 Å². The lowest BCUT2D eigenvalue weighted by Gasteiger charge is -2.30. The van der Waals surface area contributed by atoms with Crippen molar-refractivity contribution < 1.29 is 32.3 Å². The number of nitro groups is 1. The lowest BCUT2D eigenvalue weighted by Crippen LogP contribution is -2.38. The third-order valence-corrected chi connectivity index (χ3v) is 5.87. The number of rotatable bonds is 7. The standard InChI is InChI=1S/C25H22F4N2O4/c26-23-12-19(31(33)34)7-8-24(23)35-15-20(32)14-30-10-9-16-11-17(5-6-18(16)13-30)21-3-1-2-4-22(21)25(27,28)29/h1-8,11-12,20,32H,9-10,13-15H2. The fraction of sp³-hybridized carbons (Fsp3) is 0.280. The Morgan fingerprint density at radius 1 is 1.09 bits per heavy atom. The van der Waals surface area contributed by atoms with Gasteiger partial charge in [-0.05, 0) is 40.8 Å². The van der Waals surface area contributed by atoms with Gasteiger partial charge in [0.15, 0.2) is 11.6 Å². The van der Waals surface area contributed by atoms with Crippen LogP contribution in [-0.4, -0.2) is 40.7 Å². The number of alkyl halides is 3. The zero-order chi connectivity index (χ0) is 25.2. The molecule has 184 valence electrons. The molecule has 35 heavy (non-hydrogen) atoms. The van der Waals surface area contributed by atoms with Gasteiger partial charge in [-0.25, -0.2) is 4.39 Å². The number of nitro benzene ring substituents is 1. The molecule has 0 aliphatic carbocycles. The van der Waals surface area contributed by atoms with Crippen LogP contribution < -0.4 is 4.74 Å². The van der Waals surface area contributed by atoms with Crippen molar-refractivity contribution >= 4 is 5.69 Å². The molecule has 3 aromatic carbocycles. The second-order valence-corrected chi connectivity index (χ2v) is 8.35. The van der Waals surface area contributed by atoms with Crippen molar-refractivity contribution in [3.8, 4) is 16.9 Å². The first-order valence-corrected chi connectivity index (χ1v) is 10.9. The van der Waals surface area contributed by atoms with Gasteiger partial charge in [-0.2, -0.15) is 13.2 Å². The molecule has 0 amide bonds. The lowest BCUT2D eigenvalue weighted by molar-refractivity contribution is -0.385. The Morgan fingerprint density at radius 3 is 2.57 bits per heavy atom. The first-order valence-electron chi connectivity index (χ1n) is 10.9. The van der Waals surface area contributed by atoms with Gasteiger partial charge in [0.1, 0.15) is 12.7 Å². The van der Waals surface area contributed by atoms with E-state index in [-0.39, 0.29) is 24.5 Å². The SMILES string of the molecule is O=[N+]([O-])c1ccc(OCC(O)CN2CCc3cc(-c4ccccc4C(F)(F)F)ccc3C2)c(F)c1. The van der Waals surface area contributed by atoms with E-state index in [1.165, 1.54) is 12.1 Å². The third kappa shape index (κ3) is 5.77. The van der Waals surface area contributed by atoms with Crippen LogP contribution in [0.4, 0.5) is 23.2 Å². The summed E-state index contributed by atoms with van der Waals surface area (Å²) in [6.45, 7) is 1.12. The van der Waals surface area contributed by atoms with Crippen molar-refractivity contribution in [3.63, 3.8) is 0 Å². The molecule has 1 N–H and O–H groups in total. The Kier molecular flexibility index (Phi) is 7.04. The Labute approximate surface area is 198 Å². The summed E-state index contributed by atoms with van der Waals surface area (Å²) >= 11 is 0. The van der Waals surface area contributed by atoms with Crippen molar-refractivity contribution in [3.05, 3.63) is 93.3 Å². The molecule has 6 nitrogen and oxygen atoms in total. The van der Waals surface area contributed by atoms with Crippen molar-refractivity contribution in [1.29, 1.82) is 0 Å². The van der Waals surface area contributed by atoms with Gasteiger partial charge in [-0.1, -0.05) is 36.4 Å². The number of aliphatic hydroxyl groups is 1. The van der Waals surface area contributed by atoms with E-state index in [2.05, 4.69) is 0 Å². The van der Waals surface area contributed by atoms with E-state index >= 15 is 0 Å². The molecule has 4 rings (SSSR count). The van der Waals surface area contributed by atoms with Crippen molar-refractivity contribution in [2.24, 2.45) is 0 Å². The minimum atomic E-state index is -4.45. The molecule has 0 saturated heterocycles. The highest BCUT2D eigenvalue weighted by atomic mass is 19.4. The number of aliphatic hydroxyl groups excluding tert-OH is 1. The first-order chi connectivity index (χ1) is 16.6. The molecule has 1 aliphatic rings. The molecular formula is C25H22F4N2O4. The van der Waals surface area contributed by atoms with Gasteiger partial charge in [0.2, 0.25) is 0 Å². The number of fused-ring (bicyclic) bond motifs is 1. The summed E-state index contributed by atoms with van der Waals surface area (Å²) in [5.74, 6) is -1.08. The summed E-state index contributed by atoms with van der Waals surface area (Å²) in [4.78, 5) is 12.0. The molecule has 1 unspecified atom stereocenters. The van der Waals surface area contributed by atoms with E-state index < -0.39 is 34.3 Å². The highest BCUT2D eigenvalue weighted by Gasteiger charge is 2.33. The van der Waals surface area contributed by atoms with Crippen molar-refractivity contribution in [2.75, 3.05) is 19.7 Å². The van der Waals surface area contributed by atoms with Crippen LogP contribution in [0, 0.1) is 15.9 Å². The summed E-state index contributed by atoms with van der Waals surface area (Å²) in [5.41, 5.74) is 1.48. The maximum absolute atomic E-state index is 13.9. The number of hydrogen-bond acceptors (Lipinski definition) is 5. The van der Waals surface area contributed by atoms with E-state index in [4.69, 9.17) is 4.74 Å². The molecule has 0 radical (unpaired) electrons. The molecule has 0 fully saturated rings. The second-order valence-electron chi connectivity index (χ2n) is 8.35. The number of benzene rings is 3. The molecule has 10 heteroatoms. The summed E-state index contributed by atoms with van der Waals surface area (Å²) in [5, 5.41) is 21.0. The molecule has 1 aliphatic heterocycles. The smallest absolute Gasteiger partial charge is 0.417 e. The van der Waals surface area contributed by atoms with Gasteiger partial charge in [0.25, 0.3) is 5.69 Å². The minimum absolute atomic E-state index is 0.135. The maximum atomic E-state index is 13.9. The number of hydrogen-bond donors (Lipinski definition) is 1. The Balaban J connectivity index is 1.38. The number of β-amino-alcohol motifs (C(OH)–C–C–N with tert-alkyl or cyclic N) is 1. The maximum Gasteiger partial charge on any atom is 0.417 e. The predicted molar refractivity (Wildman–Crippen MR) is 120 cm³/mol. The Bertz CT molecular complexity index is 1230. The van der Waals surface area contributed by atoms with Gasteiger partial charge in [0.05, 0.1) is 16.6 Å². The topological polar surface area (TPSA) is 75.8 Å². The van der Waals surface area contributed by atoms with Gasteiger partial charge in [-0.15, -0.1) is 0 Å². The number of nitrogens with zero attached hydrogens (tertiary/aromatic N) is 2. The van der Waals surface area contributed by atoms with Crippen molar-refractivity contribution in [1.82, 2.24) is 4.90 Å². The quantitative estimate of drug-likeness (QED) is 0.279. The molecule has 0 bridgehead atoms. The Morgan fingerprint density at radius 2 is 1.86 bits per heavy atom. The van der Waals surface area contributed by atoms with Crippen LogP contribution in [0.1, 0.15) is 16.7 Å². The fourth-order valence-electron chi connectivity index (χ4n) is 4.17. The zero-order valence-corrected chi connectivity index (χ0v) is 18.5. The summed E-state index contributed by atoms with van der Waals surface area (Å²) < 4.78 is 59.4. The average molecular weight is 490 g/mol. The highest BCUT2D eigenvalue weighted by Crippen LogP contribution is 2.38. The molecule has 3 aromatic rings. The number of non-ortho nitro benzene ring substituents is 1. The highest BCUT2D eigenvalue weighted by molar-refractivity contribution is 5.69. The van der Waals surface area contributed by atoms with Gasteiger partial charge in [0, 0.05) is 25.7 Å². The summed E-state index contributed by atoms with van der Waals surface area (Å²) in [7, 11) is 0. The largest absolute Gasteiger partial charge is 0.488 e. The van der Waals surface area contributed by atoms with Crippen LogP contribution in [0.5, 0.6) is 5.75 Å². The van der Waals surface area contributed by atoms with Crippen LogP contribution in [-0.2, 0) is 19.1 Å². The first kappa shape index (κ1) is 24.6. The zero-order valence-electron chi connectivity index (χ0n) is 18.5. The van der Waals surface area contributed by atoms with Crippen molar-refractivity contribution in [2.45, 2.75) is 25.2 Å². The van der Waals surface area contributed by atoms with Gasteiger partial charge in [-0.3, -0.25) is 15.0 Å². The average Bonchev–Trinajstić information content (AvgIpc) is 2.82. The predicted octanol–water partition coefficient (Wildman–Crippen LogP) is 5.22. The summed E-state index contributed by atoms with van der Waals surface area (Å²) in [6, 6.07) is 13.8. The third-order valence-electron chi connectivity index (χ3n) is 5.87. The molecule has 1 atom stereocenters. The lowest BCUT2D eigenvalue weighted by atomic mass is 9.92. The number of ether oxygens (including phenoxy) is 1. The Hall–Kier alpha value is -3.50. The molecule has 0 spiro atoms. The second kappa shape index (κ2) is 10.0. The molecule has 0 saturated carbocycles. The van der Waals surface area contributed by atoms with E-state index in [1.54, 1.807) is 24.3 Å². The fourth-order valence-corrected chi connectivity index (χ4v) is 4.17. The minimum Gasteiger partial charge on any atom is -0.488 e. The van der Waals surface area contributed by atoms with Gasteiger partial charge >= 0.3 is 6.18 Å². The van der Waals surface area contributed by atoms with E-state index in [0.717, 1.165) is 35.4 Å². The van der Waals surface area contributed by atoms with Gasteiger partial charge < -0.3 is 9.84 Å². The molecular weight excluding hydrogens is 468 g/mol. The summed E-state index contributed by atoms with van der Waals surface area (Å²) in [6.07, 6.45) is -4.79. The van der Waals surface area contributed by atoms with E-state index in [0.29, 0.717) is 25.1 Å². The van der Waals surface area contributed by atoms with Crippen LogP contribution in [0.3, 0.4) is 0 Å². The molecule has 1 heterocycles. The van der Waals surface area contributed by atoms with Crippen LogP contribution in [0.2, 0.25) is 0 Å². The van der Waals surface area contributed by atoms with Crippen LogP contribution >= 0.6 is 0 Å².